The highest BCUT2D eigenvalue weighted by molar-refractivity contribution is 6.03. The summed E-state index contributed by atoms with van der Waals surface area (Å²) >= 11 is 0. The summed E-state index contributed by atoms with van der Waals surface area (Å²) in [6.45, 7) is 7.16. The molecule has 0 aliphatic carbocycles. The Balaban J connectivity index is 2.70. The van der Waals surface area contributed by atoms with Gasteiger partial charge in [0.1, 0.15) is 12.0 Å². The Bertz CT molecular complexity index is 493. The second kappa shape index (κ2) is 7.67. The number of carbonyl (C=O) groups excluding carboxylic acids is 2. The van der Waals surface area contributed by atoms with Gasteiger partial charge in [-0.15, -0.1) is 0 Å². The maximum atomic E-state index is 12.2. The highest BCUT2D eigenvalue weighted by Crippen LogP contribution is 2.27. The maximum absolute atomic E-state index is 12.2. The van der Waals surface area contributed by atoms with Gasteiger partial charge in [-0.05, 0) is 39.8 Å². The predicted octanol–water partition coefficient (Wildman–Crippen LogP) is 2.62. The highest BCUT2D eigenvalue weighted by Gasteiger charge is 2.37. The van der Waals surface area contributed by atoms with Gasteiger partial charge in [0.05, 0.1) is 13.2 Å². The van der Waals surface area contributed by atoms with Crippen LogP contribution in [0.3, 0.4) is 0 Å². The third-order valence-electron chi connectivity index (χ3n) is 2.99. The van der Waals surface area contributed by atoms with Crippen LogP contribution in [0.15, 0.2) is 24.3 Å². The smallest absolute Gasteiger partial charge is 0.319 e. The summed E-state index contributed by atoms with van der Waals surface area (Å²) in [4.78, 5) is 23.9. The van der Waals surface area contributed by atoms with Crippen LogP contribution in [0.25, 0.3) is 0 Å². The lowest BCUT2D eigenvalue weighted by molar-refractivity contribution is -0.158. The monoisotopic (exact) mass is 294 g/mol. The normalized spacial score (nSPS) is 10.9. The Kier molecular flexibility index (Phi) is 6.21. The molecule has 1 aromatic carbocycles. The quantitative estimate of drug-likeness (QED) is 0.545. The van der Waals surface area contributed by atoms with E-state index in [0.29, 0.717) is 18.1 Å². The van der Waals surface area contributed by atoms with Gasteiger partial charge in [0.25, 0.3) is 0 Å². The number of ether oxygens (including phenoxy) is 3. The molecule has 0 heterocycles. The van der Waals surface area contributed by atoms with Crippen molar-refractivity contribution in [2.45, 2.75) is 27.7 Å². The molecule has 0 aliphatic rings. The summed E-state index contributed by atoms with van der Waals surface area (Å²) in [6, 6.07) is 7.09. The highest BCUT2D eigenvalue weighted by atomic mass is 16.5. The Labute approximate surface area is 125 Å². The van der Waals surface area contributed by atoms with E-state index in [9.17, 15) is 9.59 Å². The number of para-hydroxylation sites is 2. The Hall–Kier alpha value is -2.04. The fraction of sp³-hybridized carbons (Fsp3) is 0.500. The minimum Gasteiger partial charge on any atom is -0.490 e. The zero-order valence-electron chi connectivity index (χ0n) is 13.0. The molecule has 0 aliphatic heterocycles. The van der Waals surface area contributed by atoms with Crippen molar-refractivity contribution >= 4 is 11.8 Å². The van der Waals surface area contributed by atoms with Gasteiger partial charge >= 0.3 is 5.97 Å². The Morgan fingerprint density at radius 2 is 1.57 bits per heavy atom. The molecule has 21 heavy (non-hydrogen) atoms. The second-order valence-corrected chi connectivity index (χ2v) is 4.94. The lowest BCUT2D eigenvalue weighted by atomic mass is 9.88. The van der Waals surface area contributed by atoms with Gasteiger partial charge in [0.15, 0.2) is 17.3 Å². The van der Waals surface area contributed by atoms with Gasteiger partial charge in [0, 0.05) is 0 Å². The first-order chi connectivity index (χ1) is 9.93. The van der Waals surface area contributed by atoms with Crippen LogP contribution >= 0.6 is 0 Å². The van der Waals surface area contributed by atoms with E-state index >= 15 is 0 Å². The summed E-state index contributed by atoms with van der Waals surface area (Å²) in [5, 5.41) is 0. The maximum Gasteiger partial charge on any atom is 0.319 e. The molecule has 116 valence electrons. The predicted molar refractivity (Wildman–Crippen MR) is 78.5 cm³/mol. The molecule has 0 aromatic heterocycles. The zero-order chi connectivity index (χ0) is 15.9. The summed E-state index contributed by atoms with van der Waals surface area (Å²) < 4.78 is 15.8. The number of carbonyl (C=O) groups is 2. The van der Waals surface area contributed by atoms with Crippen molar-refractivity contribution in [3.63, 3.8) is 0 Å². The van der Waals surface area contributed by atoms with E-state index in [4.69, 9.17) is 14.2 Å². The molecule has 5 nitrogen and oxygen atoms in total. The van der Waals surface area contributed by atoms with Crippen molar-refractivity contribution in [2.24, 2.45) is 5.41 Å². The van der Waals surface area contributed by atoms with E-state index in [1.807, 2.05) is 13.0 Å². The molecule has 0 radical (unpaired) electrons. The molecular weight excluding hydrogens is 272 g/mol. The van der Waals surface area contributed by atoms with Crippen molar-refractivity contribution in [2.75, 3.05) is 19.8 Å². The van der Waals surface area contributed by atoms with Gasteiger partial charge < -0.3 is 14.2 Å². The van der Waals surface area contributed by atoms with E-state index in [1.54, 1.807) is 25.1 Å². The molecule has 0 bridgehead atoms. The number of rotatable bonds is 8. The van der Waals surface area contributed by atoms with E-state index in [-0.39, 0.29) is 19.0 Å². The van der Waals surface area contributed by atoms with E-state index in [2.05, 4.69) is 0 Å². The summed E-state index contributed by atoms with van der Waals surface area (Å²) in [6.07, 6.45) is 0. The zero-order valence-corrected chi connectivity index (χ0v) is 13.0. The third-order valence-corrected chi connectivity index (χ3v) is 2.99. The number of esters is 1. The van der Waals surface area contributed by atoms with Crippen molar-refractivity contribution in [1.29, 1.82) is 0 Å². The molecule has 1 rings (SSSR count). The van der Waals surface area contributed by atoms with Crippen molar-refractivity contribution in [3.05, 3.63) is 24.3 Å². The van der Waals surface area contributed by atoms with Crippen LogP contribution in [-0.2, 0) is 14.3 Å². The van der Waals surface area contributed by atoms with Gasteiger partial charge in [-0.2, -0.15) is 0 Å². The Morgan fingerprint density at radius 3 is 2.10 bits per heavy atom. The van der Waals surface area contributed by atoms with Crippen LogP contribution in [0.5, 0.6) is 11.5 Å². The topological polar surface area (TPSA) is 61.8 Å². The average Bonchev–Trinajstić information content (AvgIpc) is 2.46. The van der Waals surface area contributed by atoms with Crippen LogP contribution < -0.4 is 9.47 Å². The van der Waals surface area contributed by atoms with Gasteiger partial charge in [-0.3, -0.25) is 9.59 Å². The number of hydrogen-bond donors (Lipinski definition) is 0. The number of Topliss-reactive ketones (excluding diaryl/α,β-unsaturated/α-hetero) is 1. The SMILES string of the molecule is CCOC(=O)C(C)(C)C(=O)COc1ccccc1OCC. The molecule has 0 unspecified atom stereocenters. The first kappa shape index (κ1) is 17.0. The van der Waals surface area contributed by atoms with Crippen molar-refractivity contribution in [3.8, 4) is 11.5 Å². The van der Waals surface area contributed by atoms with Gasteiger partial charge in [-0.1, -0.05) is 12.1 Å². The number of benzene rings is 1. The minimum atomic E-state index is -1.23. The molecule has 5 heteroatoms. The van der Waals surface area contributed by atoms with Crippen LogP contribution in [0.2, 0.25) is 0 Å². The van der Waals surface area contributed by atoms with Crippen LogP contribution in [0.1, 0.15) is 27.7 Å². The lowest BCUT2D eigenvalue weighted by Gasteiger charge is -2.21. The summed E-state index contributed by atoms with van der Waals surface area (Å²) in [5.41, 5.74) is -1.23. The summed E-state index contributed by atoms with van der Waals surface area (Å²) in [5.74, 6) is 0.165. The third kappa shape index (κ3) is 4.48. The van der Waals surface area contributed by atoms with Gasteiger partial charge in [0.2, 0.25) is 0 Å². The fourth-order valence-corrected chi connectivity index (χ4v) is 1.59. The van der Waals surface area contributed by atoms with E-state index in [0.717, 1.165) is 0 Å². The summed E-state index contributed by atoms with van der Waals surface area (Å²) in [7, 11) is 0. The Morgan fingerprint density at radius 1 is 1.00 bits per heavy atom. The molecule has 0 N–H and O–H groups in total. The first-order valence-corrected chi connectivity index (χ1v) is 6.98. The molecule has 0 saturated heterocycles. The molecule has 0 atom stereocenters. The minimum absolute atomic E-state index is 0.212. The average molecular weight is 294 g/mol. The van der Waals surface area contributed by atoms with Crippen LogP contribution in [-0.4, -0.2) is 31.6 Å². The second-order valence-electron chi connectivity index (χ2n) is 4.94. The van der Waals surface area contributed by atoms with E-state index in [1.165, 1.54) is 13.8 Å². The van der Waals surface area contributed by atoms with Crippen molar-refractivity contribution < 1.29 is 23.8 Å². The lowest BCUT2D eigenvalue weighted by Crippen LogP contribution is -2.38. The van der Waals surface area contributed by atoms with Crippen LogP contribution in [0, 0.1) is 5.41 Å². The molecule has 0 amide bonds. The van der Waals surface area contributed by atoms with Gasteiger partial charge in [-0.25, -0.2) is 0 Å². The first-order valence-electron chi connectivity index (χ1n) is 6.98. The number of ketones is 1. The molecule has 1 aromatic rings. The molecule has 0 fully saturated rings. The number of hydrogen-bond acceptors (Lipinski definition) is 5. The van der Waals surface area contributed by atoms with Crippen molar-refractivity contribution in [1.82, 2.24) is 0 Å². The van der Waals surface area contributed by atoms with Crippen LogP contribution in [0.4, 0.5) is 0 Å². The molecule has 0 spiro atoms. The fourth-order valence-electron chi connectivity index (χ4n) is 1.59. The van der Waals surface area contributed by atoms with E-state index < -0.39 is 11.4 Å². The largest absolute Gasteiger partial charge is 0.490 e. The standard InChI is InChI=1S/C16H22O5/c1-5-19-12-9-7-8-10-13(12)21-11-14(17)16(3,4)15(18)20-6-2/h7-10H,5-6,11H2,1-4H3. The molecule has 0 saturated carbocycles. The molecular formula is C16H22O5.